The number of carbonyl (C=O) groups excluding carboxylic acids is 1. The van der Waals surface area contributed by atoms with E-state index in [0.717, 1.165) is 17.2 Å². The third-order valence-corrected chi connectivity index (χ3v) is 7.45. The molecule has 0 spiro atoms. The fraction of sp³-hybridized carbons (Fsp3) is 0.391. The third kappa shape index (κ3) is 4.31. The van der Waals surface area contributed by atoms with Crippen LogP contribution in [0.1, 0.15) is 34.5 Å². The molecule has 0 bridgehead atoms. The van der Waals surface area contributed by atoms with E-state index >= 15 is 0 Å². The average Bonchev–Trinajstić information content (AvgIpc) is 3.12. The number of rotatable bonds is 7. The molecule has 31 heavy (non-hydrogen) atoms. The number of hydrogen-bond donors (Lipinski definition) is 1. The second kappa shape index (κ2) is 8.01. The highest BCUT2D eigenvalue weighted by Gasteiger charge is 2.34. The molecule has 0 radical (unpaired) electrons. The molecule has 2 heterocycles. The van der Waals surface area contributed by atoms with Crippen molar-refractivity contribution in [2.75, 3.05) is 6.61 Å². The van der Waals surface area contributed by atoms with E-state index in [0.29, 0.717) is 29.8 Å². The first-order chi connectivity index (χ1) is 14.6. The number of amides is 1. The van der Waals surface area contributed by atoms with Crippen LogP contribution in [0.2, 0.25) is 25.7 Å². The molecule has 3 aromatic rings. The van der Waals surface area contributed by atoms with Crippen LogP contribution in [0, 0.1) is 0 Å². The summed E-state index contributed by atoms with van der Waals surface area (Å²) in [5.41, 5.74) is 3.45. The molecular formula is C23H28N2O5Si. The number of carbonyl (C=O) groups is 1. The van der Waals surface area contributed by atoms with E-state index in [4.69, 9.17) is 9.15 Å². The smallest absolute Gasteiger partial charge is 0.421 e. The number of phenols is 1. The van der Waals surface area contributed by atoms with Crippen LogP contribution in [0.15, 0.2) is 45.6 Å². The lowest BCUT2D eigenvalue weighted by Crippen LogP contribution is -2.26. The minimum Gasteiger partial charge on any atom is -0.508 e. The number of ether oxygens (including phenoxy) is 1. The van der Waals surface area contributed by atoms with Gasteiger partial charge in [0.05, 0.1) is 11.6 Å². The van der Waals surface area contributed by atoms with E-state index in [-0.39, 0.29) is 24.4 Å². The first-order valence-electron chi connectivity index (χ1n) is 10.5. The highest BCUT2D eigenvalue weighted by molar-refractivity contribution is 6.76. The molecule has 164 valence electrons. The van der Waals surface area contributed by atoms with Crippen molar-refractivity contribution in [1.29, 1.82) is 0 Å². The molecule has 4 rings (SSSR count). The summed E-state index contributed by atoms with van der Waals surface area (Å²) in [5.74, 6) is -0.372. The van der Waals surface area contributed by atoms with Crippen LogP contribution >= 0.6 is 0 Å². The maximum atomic E-state index is 12.8. The molecule has 1 amide bonds. The molecule has 1 atom stereocenters. The quantitative estimate of drug-likeness (QED) is 0.437. The van der Waals surface area contributed by atoms with Gasteiger partial charge in [-0.2, -0.15) is 0 Å². The van der Waals surface area contributed by atoms with Crippen molar-refractivity contribution in [3.8, 4) is 5.75 Å². The highest BCUT2D eigenvalue weighted by Crippen LogP contribution is 2.36. The van der Waals surface area contributed by atoms with Crippen LogP contribution in [-0.4, -0.2) is 35.2 Å². The van der Waals surface area contributed by atoms with E-state index in [9.17, 15) is 14.7 Å². The standard InChI is InChI=1S/C23H28N2O5Si/c1-15-19-12-17(26)6-7-18(19)22(27)24(15)13-16-5-8-20-21(11-16)30-23(28)25(20)14-29-9-10-31(2,3)4/h5-8,11-12,15,26H,9-10,13-14H2,1-4H3. The Morgan fingerprint density at radius 2 is 1.90 bits per heavy atom. The lowest BCUT2D eigenvalue weighted by Gasteiger charge is -2.22. The maximum absolute atomic E-state index is 12.8. The van der Waals surface area contributed by atoms with E-state index in [2.05, 4.69) is 19.6 Å². The Bertz CT molecular complexity index is 1190. The summed E-state index contributed by atoms with van der Waals surface area (Å²) in [6.45, 7) is 9.96. The Morgan fingerprint density at radius 1 is 1.13 bits per heavy atom. The molecular weight excluding hydrogens is 412 g/mol. The van der Waals surface area contributed by atoms with Crippen molar-refractivity contribution in [1.82, 2.24) is 9.47 Å². The normalized spacial score (nSPS) is 16.3. The summed E-state index contributed by atoms with van der Waals surface area (Å²) in [7, 11) is -1.19. The summed E-state index contributed by atoms with van der Waals surface area (Å²) in [4.78, 5) is 26.9. The zero-order chi connectivity index (χ0) is 22.3. The largest absolute Gasteiger partial charge is 0.508 e. The monoisotopic (exact) mass is 440 g/mol. The number of aromatic nitrogens is 1. The van der Waals surface area contributed by atoms with Crippen molar-refractivity contribution < 1.29 is 19.1 Å². The SMILES string of the molecule is CC1c2cc(O)ccc2C(=O)N1Cc1ccc2c(c1)oc(=O)n2COCC[Si](C)(C)C. The summed E-state index contributed by atoms with van der Waals surface area (Å²) in [5, 5.41) is 9.76. The molecule has 2 aromatic carbocycles. The van der Waals surface area contributed by atoms with Gasteiger partial charge in [0.1, 0.15) is 12.5 Å². The molecule has 0 fully saturated rings. The number of aromatic hydroxyl groups is 1. The summed E-state index contributed by atoms with van der Waals surface area (Å²) in [6.07, 6.45) is 0. The predicted molar refractivity (Wildman–Crippen MR) is 121 cm³/mol. The van der Waals surface area contributed by atoms with Crippen LogP contribution < -0.4 is 5.76 Å². The van der Waals surface area contributed by atoms with Crippen molar-refractivity contribution in [2.24, 2.45) is 0 Å². The highest BCUT2D eigenvalue weighted by atomic mass is 28.3. The molecule has 0 saturated carbocycles. The van der Waals surface area contributed by atoms with E-state index in [1.807, 2.05) is 19.1 Å². The third-order valence-electron chi connectivity index (χ3n) is 5.75. The van der Waals surface area contributed by atoms with Crippen molar-refractivity contribution in [2.45, 2.75) is 51.9 Å². The van der Waals surface area contributed by atoms with Crippen LogP contribution in [0.3, 0.4) is 0 Å². The summed E-state index contributed by atoms with van der Waals surface area (Å²) < 4.78 is 12.6. The van der Waals surface area contributed by atoms with Gasteiger partial charge in [-0.15, -0.1) is 0 Å². The van der Waals surface area contributed by atoms with Gasteiger partial charge in [-0.1, -0.05) is 25.7 Å². The van der Waals surface area contributed by atoms with Gasteiger partial charge in [0.15, 0.2) is 5.58 Å². The van der Waals surface area contributed by atoms with Crippen molar-refractivity contribution >= 4 is 25.1 Å². The van der Waals surface area contributed by atoms with Gasteiger partial charge in [0, 0.05) is 26.8 Å². The zero-order valence-corrected chi connectivity index (χ0v) is 19.3. The zero-order valence-electron chi connectivity index (χ0n) is 18.3. The molecule has 1 N–H and O–H groups in total. The van der Waals surface area contributed by atoms with Gasteiger partial charge in [-0.3, -0.25) is 4.79 Å². The van der Waals surface area contributed by atoms with Gasteiger partial charge < -0.3 is 19.2 Å². The molecule has 7 nitrogen and oxygen atoms in total. The number of oxazole rings is 1. The Labute approximate surface area is 181 Å². The first-order valence-corrected chi connectivity index (χ1v) is 14.2. The van der Waals surface area contributed by atoms with Crippen molar-refractivity contribution in [3.63, 3.8) is 0 Å². The molecule has 1 aromatic heterocycles. The van der Waals surface area contributed by atoms with Gasteiger partial charge in [-0.05, 0) is 54.4 Å². The molecule has 0 saturated heterocycles. The number of nitrogens with zero attached hydrogens (tertiary/aromatic N) is 2. The molecule has 0 aliphatic carbocycles. The second-order valence-corrected chi connectivity index (χ2v) is 14.9. The van der Waals surface area contributed by atoms with Crippen LogP contribution in [-0.2, 0) is 18.0 Å². The van der Waals surface area contributed by atoms with Crippen LogP contribution in [0.4, 0.5) is 0 Å². The molecule has 1 aliphatic heterocycles. The minimum atomic E-state index is -1.19. The molecule has 1 aliphatic rings. The van der Waals surface area contributed by atoms with Gasteiger partial charge in [0.2, 0.25) is 0 Å². The summed E-state index contributed by atoms with van der Waals surface area (Å²) in [6, 6.07) is 11.2. The van der Waals surface area contributed by atoms with E-state index in [1.165, 1.54) is 10.6 Å². The van der Waals surface area contributed by atoms with Gasteiger partial charge in [0.25, 0.3) is 5.91 Å². The molecule has 8 heteroatoms. The van der Waals surface area contributed by atoms with E-state index in [1.54, 1.807) is 23.1 Å². The fourth-order valence-electron chi connectivity index (χ4n) is 3.86. The lowest BCUT2D eigenvalue weighted by molar-refractivity contribution is 0.0723. The Kier molecular flexibility index (Phi) is 5.53. The topological polar surface area (TPSA) is 84.9 Å². The first kappa shape index (κ1) is 21.4. The Morgan fingerprint density at radius 3 is 2.65 bits per heavy atom. The van der Waals surface area contributed by atoms with Crippen LogP contribution in [0.5, 0.6) is 5.75 Å². The lowest BCUT2D eigenvalue weighted by atomic mass is 10.1. The fourth-order valence-corrected chi connectivity index (χ4v) is 4.62. The average molecular weight is 441 g/mol. The number of fused-ring (bicyclic) bond motifs is 2. The maximum Gasteiger partial charge on any atom is 0.421 e. The van der Waals surface area contributed by atoms with Crippen LogP contribution in [0.25, 0.3) is 11.1 Å². The second-order valence-electron chi connectivity index (χ2n) is 9.33. The van der Waals surface area contributed by atoms with Crippen molar-refractivity contribution in [3.05, 3.63) is 63.6 Å². The number of phenolic OH excluding ortho intramolecular Hbond substituents is 1. The minimum absolute atomic E-state index is 0.0718. The Balaban J connectivity index is 1.50. The summed E-state index contributed by atoms with van der Waals surface area (Å²) >= 11 is 0. The number of benzene rings is 2. The number of hydrogen-bond acceptors (Lipinski definition) is 5. The van der Waals surface area contributed by atoms with E-state index < -0.39 is 13.8 Å². The predicted octanol–water partition coefficient (Wildman–Crippen LogP) is 4.33. The van der Waals surface area contributed by atoms with Gasteiger partial charge >= 0.3 is 5.76 Å². The molecule has 1 unspecified atom stereocenters. The van der Waals surface area contributed by atoms with Gasteiger partial charge in [-0.25, -0.2) is 9.36 Å². The Hall–Kier alpha value is -2.84.